The molecule has 1 aliphatic carbocycles. The Morgan fingerprint density at radius 1 is 0.677 bits per heavy atom. The number of hydrogen-bond acceptors (Lipinski definition) is 1. The maximum Gasteiger partial charge on any atom is 0.0433 e. The molecule has 1 heterocycles. The molecule has 0 atom stereocenters. The highest BCUT2D eigenvalue weighted by atomic mass is 32.1. The summed E-state index contributed by atoms with van der Waals surface area (Å²) in [5, 5.41) is 2.72. The van der Waals surface area contributed by atoms with Crippen molar-refractivity contribution < 1.29 is 0 Å². The van der Waals surface area contributed by atoms with Crippen LogP contribution in [0.2, 0.25) is 0 Å². The van der Waals surface area contributed by atoms with Crippen LogP contribution in [0.4, 0.5) is 0 Å². The van der Waals surface area contributed by atoms with Crippen LogP contribution >= 0.6 is 11.3 Å². The lowest BCUT2D eigenvalue weighted by atomic mass is 9.80. The standard InChI is InChI=1S/C30H26S/c1-18(2)19-12-14-22-23-15-13-20(17-27(23)30(3,4)26(22)16-19)21-9-7-10-25-24-8-5-6-11-28(24)31-29(21)25/h5-18H,1-4H3. The predicted octanol–water partition coefficient (Wildman–Crippen LogP) is 9.15. The normalized spacial score (nSPS) is 14.4. The second kappa shape index (κ2) is 6.55. The van der Waals surface area contributed by atoms with E-state index in [4.69, 9.17) is 0 Å². The summed E-state index contributed by atoms with van der Waals surface area (Å²) in [4.78, 5) is 0. The zero-order valence-electron chi connectivity index (χ0n) is 18.5. The Labute approximate surface area is 188 Å². The van der Waals surface area contributed by atoms with Crippen LogP contribution in [0, 0.1) is 0 Å². The van der Waals surface area contributed by atoms with Crippen LogP contribution in [0.15, 0.2) is 78.9 Å². The van der Waals surface area contributed by atoms with Gasteiger partial charge in [-0.3, -0.25) is 0 Å². The van der Waals surface area contributed by atoms with Gasteiger partial charge in [0.25, 0.3) is 0 Å². The van der Waals surface area contributed by atoms with E-state index in [1.54, 1.807) is 0 Å². The van der Waals surface area contributed by atoms with Crippen molar-refractivity contribution >= 4 is 31.5 Å². The highest BCUT2D eigenvalue weighted by molar-refractivity contribution is 7.26. The van der Waals surface area contributed by atoms with Crippen LogP contribution in [-0.2, 0) is 5.41 Å². The number of rotatable bonds is 2. The fourth-order valence-corrected chi connectivity index (χ4v) is 6.49. The first-order valence-corrected chi connectivity index (χ1v) is 12.0. The highest BCUT2D eigenvalue weighted by Crippen LogP contribution is 2.51. The minimum absolute atomic E-state index is 0.0135. The van der Waals surface area contributed by atoms with Crippen molar-refractivity contribution in [3.8, 4) is 22.3 Å². The molecule has 0 amide bonds. The van der Waals surface area contributed by atoms with Crippen molar-refractivity contribution in [2.24, 2.45) is 0 Å². The van der Waals surface area contributed by atoms with Crippen LogP contribution in [0.1, 0.15) is 50.3 Å². The molecule has 1 aromatic heterocycles. The lowest BCUT2D eigenvalue weighted by Gasteiger charge is -2.23. The molecule has 0 N–H and O–H groups in total. The molecule has 1 aliphatic rings. The number of thiophene rings is 1. The van der Waals surface area contributed by atoms with E-state index in [9.17, 15) is 0 Å². The Balaban J connectivity index is 1.56. The summed E-state index contributed by atoms with van der Waals surface area (Å²) in [7, 11) is 0. The first kappa shape index (κ1) is 18.8. The average Bonchev–Trinajstić information content (AvgIpc) is 3.26. The number of fused-ring (bicyclic) bond motifs is 6. The minimum atomic E-state index is 0.0135. The molecule has 5 aromatic rings. The topological polar surface area (TPSA) is 0 Å². The Bertz CT molecular complexity index is 1480. The van der Waals surface area contributed by atoms with E-state index in [1.807, 2.05) is 11.3 Å². The van der Waals surface area contributed by atoms with E-state index < -0.39 is 0 Å². The quantitative estimate of drug-likeness (QED) is 0.268. The zero-order chi connectivity index (χ0) is 21.3. The molecule has 0 spiro atoms. The minimum Gasteiger partial charge on any atom is -0.135 e. The van der Waals surface area contributed by atoms with Gasteiger partial charge in [0.05, 0.1) is 0 Å². The maximum atomic E-state index is 2.45. The molecule has 0 bridgehead atoms. The number of hydrogen-bond donors (Lipinski definition) is 0. The summed E-state index contributed by atoms with van der Waals surface area (Å²) in [6.45, 7) is 9.32. The molecule has 0 nitrogen and oxygen atoms in total. The molecule has 0 unspecified atom stereocenters. The molecule has 152 valence electrons. The predicted molar refractivity (Wildman–Crippen MR) is 136 cm³/mol. The maximum absolute atomic E-state index is 2.45. The first-order valence-electron chi connectivity index (χ1n) is 11.1. The third-order valence-corrected chi connectivity index (χ3v) is 8.30. The second-order valence-electron chi connectivity index (χ2n) is 9.63. The van der Waals surface area contributed by atoms with Gasteiger partial charge in [0.1, 0.15) is 0 Å². The van der Waals surface area contributed by atoms with Crippen LogP contribution < -0.4 is 0 Å². The second-order valence-corrected chi connectivity index (χ2v) is 10.7. The summed E-state index contributed by atoms with van der Waals surface area (Å²) in [6.07, 6.45) is 0. The molecule has 1 heteroatoms. The SMILES string of the molecule is CC(C)c1ccc2c(c1)C(C)(C)c1cc(-c3cccc4c3sc3ccccc34)ccc1-2. The molecule has 31 heavy (non-hydrogen) atoms. The van der Waals surface area contributed by atoms with Gasteiger partial charge in [-0.05, 0) is 57.0 Å². The third-order valence-electron chi connectivity index (χ3n) is 7.08. The van der Waals surface area contributed by atoms with Crippen LogP contribution in [0.25, 0.3) is 42.4 Å². The zero-order valence-corrected chi connectivity index (χ0v) is 19.3. The van der Waals surface area contributed by atoms with Crippen molar-refractivity contribution in [2.45, 2.75) is 39.0 Å². The number of benzene rings is 4. The smallest absolute Gasteiger partial charge is 0.0433 e. The van der Waals surface area contributed by atoms with Crippen molar-refractivity contribution in [1.82, 2.24) is 0 Å². The molecule has 6 rings (SSSR count). The van der Waals surface area contributed by atoms with E-state index in [0.717, 1.165) is 0 Å². The van der Waals surface area contributed by atoms with Crippen molar-refractivity contribution in [1.29, 1.82) is 0 Å². The van der Waals surface area contributed by atoms with E-state index >= 15 is 0 Å². The summed E-state index contributed by atoms with van der Waals surface area (Å²) < 4.78 is 2.75. The van der Waals surface area contributed by atoms with Gasteiger partial charge in [-0.1, -0.05) is 94.4 Å². The highest BCUT2D eigenvalue weighted by Gasteiger charge is 2.36. The third kappa shape index (κ3) is 2.66. The molecule has 0 aliphatic heterocycles. The van der Waals surface area contributed by atoms with Gasteiger partial charge in [0.2, 0.25) is 0 Å². The first-order chi connectivity index (χ1) is 14.9. The van der Waals surface area contributed by atoms with Gasteiger partial charge in [-0.25, -0.2) is 0 Å². The Kier molecular flexibility index (Phi) is 3.98. The van der Waals surface area contributed by atoms with Crippen LogP contribution in [0.5, 0.6) is 0 Å². The molecule has 0 saturated heterocycles. The Hall–Kier alpha value is -2.90. The molecule has 4 aromatic carbocycles. The summed E-state index contributed by atoms with van der Waals surface area (Å²) in [5.74, 6) is 0.547. The lowest BCUT2D eigenvalue weighted by Crippen LogP contribution is -2.15. The monoisotopic (exact) mass is 418 g/mol. The molecular weight excluding hydrogens is 392 g/mol. The fraction of sp³-hybridized carbons (Fsp3) is 0.200. The van der Waals surface area contributed by atoms with E-state index in [-0.39, 0.29) is 5.41 Å². The van der Waals surface area contributed by atoms with Crippen molar-refractivity contribution in [2.75, 3.05) is 0 Å². The molecule has 0 radical (unpaired) electrons. The fourth-order valence-electron chi connectivity index (χ4n) is 5.26. The molecule has 0 fully saturated rings. The van der Waals surface area contributed by atoms with Gasteiger partial charge in [0, 0.05) is 25.6 Å². The van der Waals surface area contributed by atoms with Gasteiger partial charge in [0.15, 0.2) is 0 Å². The summed E-state index contributed by atoms with van der Waals surface area (Å²) in [5.41, 5.74) is 9.80. The summed E-state index contributed by atoms with van der Waals surface area (Å²) in [6, 6.07) is 29.7. The van der Waals surface area contributed by atoms with Gasteiger partial charge >= 0.3 is 0 Å². The largest absolute Gasteiger partial charge is 0.135 e. The van der Waals surface area contributed by atoms with Crippen LogP contribution in [0.3, 0.4) is 0 Å². The van der Waals surface area contributed by atoms with Gasteiger partial charge in [-0.15, -0.1) is 11.3 Å². The molecular formula is C30H26S. The summed E-state index contributed by atoms with van der Waals surface area (Å²) >= 11 is 1.91. The Morgan fingerprint density at radius 3 is 2.19 bits per heavy atom. The van der Waals surface area contributed by atoms with Crippen molar-refractivity contribution in [3.05, 3.63) is 95.6 Å². The van der Waals surface area contributed by atoms with Gasteiger partial charge < -0.3 is 0 Å². The van der Waals surface area contributed by atoms with Crippen LogP contribution in [-0.4, -0.2) is 0 Å². The van der Waals surface area contributed by atoms with Crippen molar-refractivity contribution in [3.63, 3.8) is 0 Å². The van der Waals surface area contributed by atoms with E-state index in [0.29, 0.717) is 5.92 Å². The van der Waals surface area contributed by atoms with Gasteiger partial charge in [-0.2, -0.15) is 0 Å². The van der Waals surface area contributed by atoms with E-state index in [2.05, 4.69) is 107 Å². The van der Waals surface area contributed by atoms with E-state index in [1.165, 1.54) is 59.1 Å². The Morgan fingerprint density at radius 2 is 1.39 bits per heavy atom. The average molecular weight is 419 g/mol. The molecule has 0 saturated carbocycles. The lowest BCUT2D eigenvalue weighted by molar-refractivity contribution is 0.658.